The summed E-state index contributed by atoms with van der Waals surface area (Å²) in [6, 6.07) is 6.60. The van der Waals surface area contributed by atoms with E-state index < -0.39 is 5.54 Å². The Morgan fingerprint density at radius 2 is 2.14 bits per heavy atom. The number of nitriles is 1. The first-order valence-electron chi connectivity index (χ1n) is 6.61. The zero-order valence-corrected chi connectivity index (χ0v) is 13.5. The number of carbonyl (C=O) groups is 1. The van der Waals surface area contributed by atoms with Crippen LogP contribution in [0.2, 0.25) is 5.02 Å². The summed E-state index contributed by atoms with van der Waals surface area (Å²) < 4.78 is 13.7. The minimum atomic E-state index is -0.868. The van der Waals surface area contributed by atoms with E-state index in [1.165, 1.54) is 11.0 Å². The van der Waals surface area contributed by atoms with E-state index in [1.54, 1.807) is 40.1 Å². The van der Waals surface area contributed by atoms with Gasteiger partial charge in [0.2, 0.25) is 0 Å². The number of benzene rings is 1. The summed E-state index contributed by atoms with van der Waals surface area (Å²) in [4.78, 5) is 14.3. The first-order chi connectivity index (χ1) is 9.69. The summed E-state index contributed by atoms with van der Waals surface area (Å²) in [6.07, 6.45) is 0. The molecule has 1 N–H and O–H groups in total. The molecule has 1 aromatic carbocycles. The van der Waals surface area contributed by atoms with Crippen molar-refractivity contribution in [3.63, 3.8) is 0 Å². The molecule has 0 aliphatic rings. The summed E-state index contributed by atoms with van der Waals surface area (Å²) in [5.41, 5.74) is -0.473. The third kappa shape index (κ3) is 4.42. The quantitative estimate of drug-likeness (QED) is 0.890. The van der Waals surface area contributed by atoms with E-state index in [0.717, 1.165) is 4.90 Å². The van der Waals surface area contributed by atoms with Gasteiger partial charge in [-0.3, -0.25) is 4.79 Å². The van der Waals surface area contributed by atoms with Crippen molar-refractivity contribution in [3.8, 4) is 6.07 Å². The van der Waals surface area contributed by atoms with Gasteiger partial charge in [-0.25, -0.2) is 4.39 Å². The van der Waals surface area contributed by atoms with E-state index in [1.807, 2.05) is 0 Å². The Morgan fingerprint density at radius 3 is 2.67 bits per heavy atom. The lowest BCUT2D eigenvalue weighted by molar-refractivity contribution is -0.885. The highest BCUT2D eigenvalue weighted by Crippen LogP contribution is 2.17. The molecule has 1 rings (SSSR count). The van der Waals surface area contributed by atoms with Crippen LogP contribution in [0.5, 0.6) is 0 Å². The maximum absolute atomic E-state index is 13.7. The van der Waals surface area contributed by atoms with Crippen molar-refractivity contribution in [2.45, 2.75) is 25.9 Å². The van der Waals surface area contributed by atoms with E-state index in [-0.39, 0.29) is 18.3 Å². The van der Waals surface area contributed by atoms with Crippen LogP contribution in [0, 0.1) is 17.1 Å². The Balaban J connectivity index is 2.73. The summed E-state index contributed by atoms with van der Waals surface area (Å²) in [5.74, 6) is -0.550. The van der Waals surface area contributed by atoms with Crippen LogP contribution >= 0.6 is 11.6 Å². The van der Waals surface area contributed by atoms with Crippen molar-refractivity contribution in [1.82, 2.24) is 4.90 Å². The molecule has 0 saturated heterocycles. The fourth-order valence-electron chi connectivity index (χ4n) is 1.83. The Kier molecular flexibility index (Phi) is 5.70. The largest absolute Gasteiger partial charge is 0.326 e. The molecule has 0 bridgehead atoms. The highest BCUT2D eigenvalue weighted by Gasteiger charge is 2.29. The average Bonchev–Trinajstić information content (AvgIpc) is 2.42. The van der Waals surface area contributed by atoms with Gasteiger partial charge in [0, 0.05) is 7.05 Å². The lowest BCUT2D eigenvalue weighted by Crippen LogP contribution is -3.09. The van der Waals surface area contributed by atoms with Crippen molar-refractivity contribution in [1.29, 1.82) is 5.26 Å². The van der Waals surface area contributed by atoms with Gasteiger partial charge in [0.1, 0.15) is 17.9 Å². The Hall–Kier alpha value is -1.64. The smallest absolute Gasteiger partial charge is 0.278 e. The molecule has 4 nitrogen and oxygen atoms in total. The topological polar surface area (TPSA) is 48.5 Å². The molecular formula is C15H20ClFN3O+. The second kappa shape index (κ2) is 6.88. The number of hydrogen-bond donors (Lipinski definition) is 1. The van der Waals surface area contributed by atoms with E-state index in [2.05, 4.69) is 6.07 Å². The third-order valence-electron chi connectivity index (χ3n) is 3.48. The summed E-state index contributed by atoms with van der Waals surface area (Å²) in [6.45, 7) is 3.81. The molecule has 1 amide bonds. The molecule has 1 aromatic rings. The molecule has 0 radical (unpaired) electrons. The number of carbonyl (C=O) groups excluding carboxylic acids is 1. The van der Waals surface area contributed by atoms with Crippen molar-refractivity contribution in [2.75, 3.05) is 20.6 Å². The van der Waals surface area contributed by atoms with Gasteiger partial charge >= 0.3 is 0 Å². The average molecular weight is 313 g/mol. The summed E-state index contributed by atoms with van der Waals surface area (Å²) >= 11 is 5.98. The van der Waals surface area contributed by atoms with Crippen molar-refractivity contribution >= 4 is 17.5 Å². The molecule has 0 spiro atoms. The van der Waals surface area contributed by atoms with Gasteiger partial charge < -0.3 is 9.80 Å². The second-order valence-corrected chi connectivity index (χ2v) is 6.04. The van der Waals surface area contributed by atoms with Crippen LogP contribution in [-0.4, -0.2) is 37.0 Å². The van der Waals surface area contributed by atoms with Gasteiger partial charge in [0.15, 0.2) is 6.54 Å². The number of rotatable bonds is 5. The van der Waals surface area contributed by atoms with E-state index in [9.17, 15) is 9.18 Å². The predicted molar refractivity (Wildman–Crippen MR) is 79.3 cm³/mol. The van der Waals surface area contributed by atoms with Gasteiger partial charge in [0.05, 0.1) is 23.7 Å². The summed E-state index contributed by atoms with van der Waals surface area (Å²) in [7, 11) is 3.38. The molecule has 0 aliphatic carbocycles. The number of halogens is 2. The van der Waals surface area contributed by atoms with Crippen molar-refractivity contribution < 1.29 is 14.1 Å². The minimum absolute atomic E-state index is 0.159. The van der Waals surface area contributed by atoms with Crippen LogP contribution in [0.25, 0.3) is 0 Å². The highest BCUT2D eigenvalue weighted by atomic mass is 35.5. The van der Waals surface area contributed by atoms with Gasteiger partial charge in [0.25, 0.3) is 5.91 Å². The number of hydrogen-bond acceptors (Lipinski definition) is 2. The lowest BCUT2D eigenvalue weighted by Gasteiger charge is -2.29. The van der Waals surface area contributed by atoms with Crippen molar-refractivity contribution in [3.05, 3.63) is 34.6 Å². The number of nitrogens with one attached hydrogen (secondary N) is 1. The minimum Gasteiger partial charge on any atom is -0.326 e. The normalized spacial score (nSPS) is 12.6. The van der Waals surface area contributed by atoms with Crippen molar-refractivity contribution in [2.24, 2.45) is 0 Å². The second-order valence-electron chi connectivity index (χ2n) is 5.63. The molecule has 0 fully saturated rings. The molecule has 6 heteroatoms. The van der Waals surface area contributed by atoms with Gasteiger partial charge in [-0.05, 0) is 26.0 Å². The Bertz CT molecular complexity index is 548. The van der Waals surface area contributed by atoms with E-state index in [4.69, 9.17) is 16.9 Å². The number of nitrogens with zero attached hydrogens (tertiary/aromatic N) is 2. The van der Waals surface area contributed by atoms with Crippen LogP contribution < -0.4 is 4.90 Å². The highest BCUT2D eigenvalue weighted by molar-refractivity contribution is 6.31. The molecule has 114 valence electrons. The number of likely N-dealkylation sites (N-methyl/N-ethyl adjacent to an activating group) is 2. The zero-order valence-electron chi connectivity index (χ0n) is 12.7. The standard InChI is InChI=1S/C15H19ClFN3O/c1-15(2,10-18)20(4)14(21)9-19(3)8-11-12(16)6-5-7-13(11)17/h5-7H,8-9H2,1-4H3/p+1. The molecule has 1 atom stereocenters. The van der Waals surface area contributed by atoms with Crippen LogP contribution in [0.4, 0.5) is 4.39 Å². The first-order valence-corrected chi connectivity index (χ1v) is 6.99. The van der Waals surface area contributed by atoms with Crippen LogP contribution in [0.1, 0.15) is 19.4 Å². The fraction of sp³-hybridized carbons (Fsp3) is 0.467. The SMILES string of the molecule is CN(C(=O)C[NH+](C)Cc1c(F)cccc1Cl)C(C)(C)C#N. The van der Waals surface area contributed by atoms with Gasteiger partial charge in [-0.15, -0.1) is 0 Å². The molecule has 21 heavy (non-hydrogen) atoms. The van der Waals surface area contributed by atoms with Crippen LogP contribution in [-0.2, 0) is 11.3 Å². The Labute approximate surface area is 129 Å². The Morgan fingerprint density at radius 1 is 1.52 bits per heavy atom. The van der Waals surface area contributed by atoms with Gasteiger partial charge in [-0.2, -0.15) is 5.26 Å². The molecule has 0 aromatic heterocycles. The van der Waals surface area contributed by atoms with Crippen LogP contribution in [0.3, 0.4) is 0 Å². The molecule has 1 unspecified atom stereocenters. The van der Waals surface area contributed by atoms with Gasteiger partial charge in [-0.1, -0.05) is 17.7 Å². The van der Waals surface area contributed by atoms with E-state index in [0.29, 0.717) is 17.1 Å². The first kappa shape index (κ1) is 17.4. The number of quaternary nitrogens is 1. The third-order valence-corrected chi connectivity index (χ3v) is 3.83. The van der Waals surface area contributed by atoms with E-state index >= 15 is 0 Å². The molecule has 0 aliphatic heterocycles. The maximum Gasteiger partial charge on any atom is 0.278 e. The number of amides is 1. The summed E-state index contributed by atoms with van der Waals surface area (Å²) in [5, 5.41) is 9.39. The van der Waals surface area contributed by atoms with Crippen LogP contribution in [0.15, 0.2) is 18.2 Å². The molecule has 0 saturated carbocycles. The fourth-order valence-corrected chi connectivity index (χ4v) is 2.06. The molecular weight excluding hydrogens is 293 g/mol. The molecule has 0 heterocycles. The monoisotopic (exact) mass is 312 g/mol. The maximum atomic E-state index is 13.7. The lowest BCUT2D eigenvalue weighted by atomic mass is 10.1. The zero-order chi connectivity index (χ0) is 16.2. The predicted octanol–water partition coefficient (Wildman–Crippen LogP) is 1.25.